The predicted molar refractivity (Wildman–Crippen MR) is 67.5 cm³/mol. The summed E-state index contributed by atoms with van der Waals surface area (Å²) in [5.41, 5.74) is 5.91. The third kappa shape index (κ3) is 3.05. The van der Waals surface area contributed by atoms with Crippen molar-refractivity contribution in [1.82, 2.24) is 0 Å². The summed E-state index contributed by atoms with van der Waals surface area (Å²) in [4.78, 5) is 10.1. The molecular formula is C13H11FN2O3. The summed E-state index contributed by atoms with van der Waals surface area (Å²) >= 11 is 0. The van der Waals surface area contributed by atoms with E-state index in [1.807, 2.05) is 6.07 Å². The van der Waals surface area contributed by atoms with Crippen LogP contribution in [0.15, 0.2) is 42.5 Å². The lowest BCUT2D eigenvalue weighted by atomic mass is 10.2. The second-order valence-electron chi connectivity index (χ2n) is 3.82. The molecule has 0 aromatic heterocycles. The molecule has 0 radical (unpaired) electrons. The number of ether oxygens (including phenoxy) is 1. The van der Waals surface area contributed by atoms with Crippen molar-refractivity contribution in [3.05, 3.63) is 64.0 Å². The van der Waals surface area contributed by atoms with Gasteiger partial charge in [0.05, 0.1) is 11.0 Å². The summed E-state index contributed by atoms with van der Waals surface area (Å²) in [7, 11) is 0. The second kappa shape index (κ2) is 5.45. The largest absolute Gasteiger partial charge is 0.450 e. The number of hydrogen-bond donors (Lipinski definition) is 1. The van der Waals surface area contributed by atoms with Gasteiger partial charge in [-0.1, -0.05) is 12.1 Å². The number of nitrogens with two attached hydrogens (primary N) is 1. The van der Waals surface area contributed by atoms with Crippen LogP contribution in [0.3, 0.4) is 0 Å². The smallest absolute Gasteiger partial charge is 0.314 e. The fourth-order valence-corrected chi connectivity index (χ4v) is 1.58. The lowest BCUT2D eigenvalue weighted by Gasteiger charge is -2.07. The van der Waals surface area contributed by atoms with Crippen LogP contribution in [0.2, 0.25) is 0 Å². The Bertz CT molecular complexity index is 617. The van der Waals surface area contributed by atoms with E-state index in [-0.39, 0.29) is 5.75 Å². The average Bonchev–Trinajstić information content (AvgIpc) is 2.41. The topological polar surface area (TPSA) is 78.4 Å². The SMILES string of the molecule is NCc1cccc(Oc2ccc(F)cc2[N+](=O)[O-])c1. The van der Waals surface area contributed by atoms with Crippen LogP contribution in [0, 0.1) is 15.9 Å². The minimum absolute atomic E-state index is 0.0134. The maximum absolute atomic E-state index is 13.0. The van der Waals surface area contributed by atoms with Gasteiger partial charge in [-0.15, -0.1) is 0 Å². The highest BCUT2D eigenvalue weighted by Gasteiger charge is 2.16. The highest BCUT2D eigenvalue weighted by Crippen LogP contribution is 2.31. The maximum atomic E-state index is 13.0. The van der Waals surface area contributed by atoms with Crippen molar-refractivity contribution in [2.24, 2.45) is 5.73 Å². The summed E-state index contributed by atoms with van der Waals surface area (Å²) in [5.74, 6) is -0.284. The van der Waals surface area contributed by atoms with Crippen LogP contribution in [0.4, 0.5) is 10.1 Å². The zero-order valence-corrected chi connectivity index (χ0v) is 9.88. The first-order chi connectivity index (χ1) is 9.10. The molecule has 5 nitrogen and oxygen atoms in total. The summed E-state index contributed by atoms with van der Waals surface area (Å²) in [5, 5.41) is 10.8. The molecule has 0 amide bonds. The standard InChI is InChI=1S/C13H11FN2O3/c14-10-4-5-13(12(7-10)16(17)18)19-11-3-1-2-9(6-11)8-15/h1-7H,8,15H2. The Labute approximate surface area is 108 Å². The number of nitro groups is 1. The Morgan fingerprint density at radius 1 is 1.26 bits per heavy atom. The Morgan fingerprint density at radius 3 is 2.74 bits per heavy atom. The van der Waals surface area contributed by atoms with Gasteiger partial charge >= 0.3 is 5.69 Å². The molecule has 19 heavy (non-hydrogen) atoms. The summed E-state index contributed by atoms with van der Waals surface area (Å²) < 4.78 is 18.4. The van der Waals surface area contributed by atoms with Gasteiger partial charge in [0, 0.05) is 6.54 Å². The molecule has 2 aromatic rings. The normalized spacial score (nSPS) is 10.2. The van der Waals surface area contributed by atoms with Crippen LogP contribution in [0.1, 0.15) is 5.56 Å². The van der Waals surface area contributed by atoms with Crippen LogP contribution < -0.4 is 10.5 Å². The number of nitrogens with zero attached hydrogens (tertiary/aromatic N) is 1. The van der Waals surface area contributed by atoms with E-state index in [4.69, 9.17) is 10.5 Å². The Morgan fingerprint density at radius 2 is 2.05 bits per heavy atom. The molecule has 0 aliphatic heterocycles. The Balaban J connectivity index is 2.34. The molecule has 0 saturated heterocycles. The molecule has 6 heteroatoms. The molecule has 0 atom stereocenters. The molecule has 0 unspecified atom stereocenters. The Kier molecular flexibility index (Phi) is 3.72. The molecule has 0 bridgehead atoms. The van der Waals surface area contributed by atoms with Gasteiger partial charge in [0.1, 0.15) is 11.6 Å². The highest BCUT2D eigenvalue weighted by molar-refractivity contribution is 5.48. The van der Waals surface area contributed by atoms with Crippen molar-refractivity contribution >= 4 is 5.69 Å². The summed E-state index contributed by atoms with van der Waals surface area (Å²) in [6.45, 7) is 0.336. The average molecular weight is 262 g/mol. The number of hydrogen-bond acceptors (Lipinski definition) is 4. The second-order valence-corrected chi connectivity index (χ2v) is 3.82. The van der Waals surface area contributed by atoms with E-state index in [9.17, 15) is 14.5 Å². The van der Waals surface area contributed by atoms with Gasteiger partial charge in [0.2, 0.25) is 5.75 Å². The molecule has 98 valence electrons. The molecule has 0 saturated carbocycles. The molecule has 2 aromatic carbocycles. The molecule has 0 heterocycles. The lowest BCUT2D eigenvalue weighted by Crippen LogP contribution is -1.97. The van der Waals surface area contributed by atoms with Crippen LogP contribution in [0.25, 0.3) is 0 Å². The maximum Gasteiger partial charge on any atom is 0.314 e. The summed E-state index contributed by atoms with van der Waals surface area (Å²) in [6.07, 6.45) is 0. The van der Waals surface area contributed by atoms with Crippen LogP contribution in [-0.4, -0.2) is 4.92 Å². The van der Waals surface area contributed by atoms with Crippen molar-refractivity contribution < 1.29 is 14.1 Å². The van der Waals surface area contributed by atoms with Crippen LogP contribution in [-0.2, 0) is 6.54 Å². The third-order valence-corrected chi connectivity index (χ3v) is 2.48. The quantitative estimate of drug-likeness (QED) is 0.678. The number of benzene rings is 2. The van der Waals surface area contributed by atoms with Gasteiger partial charge < -0.3 is 10.5 Å². The molecular weight excluding hydrogens is 251 g/mol. The molecule has 0 aliphatic carbocycles. The lowest BCUT2D eigenvalue weighted by molar-refractivity contribution is -0.385. The number of nitro benzene ring substituents is 1. The minimum atomic E-state index is -0.689. The van der Waals surface area contributed by atoms with Crippen molar-refractivity contribution in [3.63, 3.8) is 0 Å². The van der Waals surface area contributed by atoms with E-state index >= 15 is 0 Å². The first-order valence-corrected chi connectivity index (χ1v) is 5.51. The van der Waals surface area contributed by atoms with Gasteiger partial charge in [-0.2, -0.15) is 0 Å². The van der Waals surface area contributed by atoms with Gasteiger partial charge in [-0.05, 0) is 29.8 Å². The number of halogens is 1. The van der Waals surface area contributed by atoms with E-state index < -0.39 is 16.4 Å². The van der Waals surface area contributed by atoms with E-state index in [2.05, 4.69) is 0 Å². The molecule has 0 aliphatic rings. The van der Waals surface area contributed by atoms with Gasteiger partial charge in [0.15, 0.2) is 0 Å². The van der Waals surface area contributed by atoms with Gasteiger partial charge in [-0.25, -0.2) is 4.39 Å². The highest BCUT2D eigenvalue weighted by atomic mass is 19.1. The number of rotatable bonds is 4. The van der Waals surface area contributed by atoms with E-state index in [1.54, 1.807) is 18.2 Å². The van der Waals surface area contributed by atoms with Gasteiger partial charge in [0.25, 0.3) is 0 Å². The van der Waals surface area contributed by atoms with Gasteiger partial charge in [-0.3, -0.25) is 10.1 Å². The Hall–Kier alpha value is -2.47. The van der Waals surface area contributed by atoms with Crippen molar-refractivity contribution in [3.8, 4) is 11.5 Å². The first-order valence-electron chi connectivity index (χ1n) is 5.51. The van der Waals surface area contributed by atoms with E-state index in [1.165, 1.54) is 6.07 Å². The van der Waals surface area contributed by atoms with Crippen LogP contribution in [0.5, 0.6) is 11.5 Å². The molecule has 0 spiro atoms. The van der Waals surface area contributed by atoms with E-state index in [0.717, 1.165) is 17.7 Å². The van der Waals surface area contributed by atoms with Crippen LogP contribution >= 0.6 is 0 Å². The monoisotopic (exact) mass is 262 g/mol. The fraction of sp³-hybridized carbons (Fsp3) is 0.0769. The zero-order valence-electron chi connectivity index (χ0n) is 9.88. The van der Waals surface area contributed by atoms with E-state index in [0.29, 0.717) is 12.3 Å². The van der Waals surface area contributed by atoms with Crippen molar-refractivity contribution in [2.75, 3.05) is 0 Å². The van der Waals surface area contributed by atoms with Crippen molar-refractivity contribution in [2.45, 2.75) is 6.54 Å². The minimum Gasteiger partial charge on any atom is -0.450 e. The van der Waals surface area contributed by atoms with Crippen molar-refractivity contribution in [1.29, 1.82) is 0 Å². The fourth-order valence-electron chi connectivity index (χ4n) is 1.58. The zero-order chi connectivity index (χ0) is 13.8. The summed E-state index contributed by atoms with van der Waals surface area (Å²) in [6, 6.07) is 10.0. The third-order valence-electron chi connectivity index (χ3n) is 2.48. The first kappa shape index (κ1) is 13.0. The molecule has 0 fully saturated rings. The molecule has 2 N–H and O–H groups in total. The molecule has 2 rings (SSSR count). The predicted octanol–water partition coefficient (Wildman–Crippen LogP) is 2.98.